The van der Waals surface area contributed by atoms with E-state index < -0.39 is 10.0 Å². The van der Waals surface area contributed by atoms with Crippen LogP contribution < -0.4 is 9.46 Å². The molecule has 18 heavy (non-hydrogen) atoms. The van der Waals surface area contributed by atoms with Crippen LogP contribution in [0.25, 0.3) is 0 Å². The van der Waals surface area contributed by atoms with Crippen LogP contribution in [-0.2, 0) is 10.0 Å². The van der Waals surface area contributed by atoms with Crippen molar-refractivity contribution in [1.29, 1.82) is 0 Å². The van der Waals surface area contributed by atoms with Crippen molar-refractivity contribution in [2.45, 2.75) is 13.8 Å². The van der Waals surface area contributed by atoms with E-state index in [-0.39, 0.29) is 11.7 Å². The molecule has 6 heteroatoms. The largest absolute Gasteiger partial charge is 0.496 e. The molecule has 1 rings (SSSR count). The van der Waals surface area contributed by atoms with Gasteiger partial charge in [-0.15, -0.1) is 11.6 Å². The summed E-state index contributed by atoms with van der Waals surface area (Å²) in [6.45, 7) is 3.66. The first-order chi connectivity index (χ1) is 8.38. The zero-order valence-corrected chi connectivity index (χ0v) is 12.3. The van der Waals surface area contributed by atoms with E-state index in [4.69, 9.17) is 16.3 Å². The summed E-state index contributed by atoms with van der Waals surface area (Å²) in [5.41, 5.74) is 1.41. The van der Waals surface area contributed by atoms with Gasteiger partial charge >= 0.3 is 0 Å². The van der Waals surface area contributed by atoms with Crippen LogP contribution in [0.2, 0.25) is 0 Å². The molecule has 0 aliphatic heterocycles. The molecule has 0 saturated carbocycles. The van der Waals surface area contributed by atoms with E-state index in [0.29, 0.717) is 11.6 Å². The van der Waals surface area contributed by atoms with Crippen molar-refractivity contribution in [3.8, 4) is 5.75 Å². The predicted molar refractivity (Wildman–Crippen MR) is 75.0 cm³/mol. The molecule has 1 aromatic rings. The van der Waals surface area contributed by atoms with Crippen molar-refractivity contribution in [3.05, 3.63) is 23.8 Å². The quantitative estimate of drug-likeness (QED) is 0.820. The topological polar surface area (TPSA) is 55.4 Å². The fraction of sp³-hybridized carbons (Fsp3) is 0.500. The molecule has 4 nitrogen and oxygen atoms in total. The zero-order valence-electron chi connectivity index (χ0n) is 10.7. The second kappa shape index (κ2) is 6.29. The number of halogens is 1. The van der Waals surface area contributed by atoms with Gasteiger partial charge < -0.3 is 4.74 Å². The zero-order chi connectivity index (χ0) is 13.8. The molecular weight excluding hydrogens is 274 g/mol. The van der Waals surface area contributed by atoms with Gasteiger partial charge in [0.1, 0.15) is 5.75 Å². The van der Waals surface area contributed by atoms with Crippen molar-refractivity contribution >= 4 is 27.3 Å². The number of methoxy groups -OCH3 is 1. The van der Waals surface area contributed by atoms with Gasteiger partial charge in [0.2, 0.25) is 10.0 Å². The number of hydrogen-bond acceptors (Lipinski definition) is 3. The van der Waals surface area contributed by atoms with Crippen molar-refractivity contribution in [2.75, 3.05) is 23.5 Å². The normalized spacial score (nSPS) is 13.1. The monoisotopic (exact) mass is 291 g/mol. The van der Waals surface area contributed by atoms with E-state index in [1.807, 2.05) is 6.92 Å². The molecule has 102 valence electrons. The summed E-state index contributed by atoms with van der Waals surface area (Å²) in [6.07, 6.45) is 0. The average Bonchev–Trinajstić information content (AvgIpc) is 2.27. The molecule has 0 aliphatic carbocycles. The number of anilines is 1. The Bertz CT molecular complexity index is 502. The number of aryl methyl sites for hydroxylation is 1. The minimum Gasteiger partial charge on any atom is -0.496 e. The highest BCUT2D eigenvalue weighted by atomic mass is 35.5. The Morgan fingerprint density at radius 3 is 2.61 bits per heavy atom. The Kier molecular flexibility index (Phi) is 5.28. The van der Waals surface area contributed by atoms with Crippen molar-refractivity contribution in [2.24, 2.45) is 5.92 Å². The third-order valence-corrected chi connectivity index (χ3v) is 4.52. The molecule has 1 aromatic carbocycles. The molecule has 0 heterocycles. The highest BCUT2D eigenvalue weighted by Gasteiger charge is 2.15. The van der Waals surface area contributed by atoms with Crippen LogP contribution in [0.5, 0.6) is 5.75 Å². The summed E-state index contributed by atoms with van der Waals surface area (Å²) in [5.74, 6) is 0.986. The molecule has 0 aliphatic rings. The summed E-state index contributed by atoms with van der Waals surface area (Å²) in [4.78, 5) is 0. The smallest absolute Gasteiger partial charge is 0.233 e. The molecule has 1 atom stereocenters. The number of alkyl halides is 1. The van der Waals surface area contributed by atoms with Crippen LogP contribution in [-0.4, -0.2) is 27.2 Å². The first kappa shape index (κ1) is 15.1. The molecule has 1 N–H and O–H groups in total. The Labute approximate surface area is 113 Å². The SMILES string of the molecule is COc1ccc(NS(=O)(=O)CC(C)CCl)cc1C. The average molecular weight is 292 g/mol. The highest BCUT2D eigenvalue weighted by molar-refractivity contribution is 7.92. The Morgan fingerprint density at radius 2 is 2.11 bits per heavy atom. The molecule has 0 amide bonds. The highest BCUT2D eigenvalue weighted by Crippen LogP contribution is 2.22. The van der Waals surface area contributed by atoms with E-state index in [1.54, 1.807) is 32.2 Å². The molecular formula is C12H18ClNO3S. The lowest BCUT2D eigenvalue weighted by Crippen LogP contribution is -2.22. The second-order valence-electron chi connectivity index (χ2n) is 4.33. The Balaban J connectivity index is 2.81. The number of hydrogen-bond donors (Lipinski definition) is 1. The number of ether oxygens (including phenoxy) is 1. The number of rotatable bonds is 6. The van der Waals surface area contributed by atoms with Crippen LogP contribution in [0.1, 0.15) is 12.5 Å². The molecule has 0 fully saturated rings. The third-order valence-electron chi connectivity index (χ3n) is 2.44. The lowest BCUT2D eigenvalue weighted by molar-refractivity contribution is 0.412. The summed E-state index contributed by atoms with van der Waals surface area (Å²) < 4.78 is 31.3. The van der Waals surface area contributed by atoms with Crippen LogP contribution in [0.15, 0.2) is 18.2 Å². The van der Waals surface area contributed by atoms with Crippen molar-refractivity contribution in [1.82, 2.24) is 0 Å². The van der Waals surface area contributed by atoms with Gasteiger partial charge in [-0.2, -0.15) is 0 Å². The van der Waals surface area contributed by atoms with E-state index in [9.17, 15) is 8.42 Å². The minimum atomic E-state index is -3.36. The fourth-order valence-corrected chi connectivity index (χ4v) is 3.26. The summed E-state index contributed by atoms with van der Waals surface area (Å²) >= 11 is 5.62. The minimum absolute atomic E-state index is 0.0155. The van der Waals surface area contributed by atoms with Gasteiger partial charge in [-0.25, -0.2) is 8.42 Å². The lowest BCUT2D eigenvalue weighted by atomic mass is 10.2. The molecule has 1 unspecified atom stereocenters. The molecule has 0 bridgehead atoms. The van der Waals surface area contributed by atoms with E-state index in [0.717, 1.165) is 11.3 Å². The molecule has 0 spiro atoms. The Morgan fingerprint density at radius 1 is 1.44 bits per heavy atom. The molecule has 0 aromatic heterocycles. The van der Waals surface area contributed by atoms with Gasteiger partial charge in [-0.1, -0.05) is 6.92 Å². The maximum Gasteiger partial charge on any atom is 0.233 e. The van der Waals surface area contributed by atoms with Crippen LogP contribution in [0.4, 0.5) is 5.69 Å². The molecule has 0 saturated heterocycles. The van der Waals surface area contributed by atoms with Gasteiger partial charge in [-0.05, 0) is 36.6 Å². The summed E-state index contributed by atoms with van der Waals surface area (Å²) in [7, 11) is -1.78. The van der Waals surface area contributed by atoms with Crippen LogP contribution >= 0.6 is 11.6 Å². The van der Waals surface area contributed by atoms with E-state index in [1.165, 1.54) is 0 Å². The molecule has 0 radical (unpaired) electrons. The lowest BCUT2D eigenvalue weighted by Gasteiger charge is -2.12. The van der Waals surface area contributed by atoms with Crippen LogP contribution in [0, 0.1) is 12.8 Å². The van der Waals surface area contributed by atoms with Gasteiger partial charge in [0.25, 0.3) is 0 Å². The maximum atomic E-state index is 11.8. The van der Waals surface area contributed by atoms with Gasteiger partial charge in [-0.3, -0.25) is 4.72 Å². The third kappa shape index (κ3) is 4.38. The predicted octanol–water partition coefficient (Wildman–Crippen LogP) is 2.62. The van der Waals surface area contributed by atoms with Gasteiger partial charge in [0.15, 0.2) is 0 Å². The second-order valence-corrected chi connectivity index (χ2v) is 6.40. The standard InChI is InChI=1S/C12H18ClNO3S/c1-9(7-13)8-18(15,16)14-11-4-5-12(17-3)10(2)6-11/h4-6,9,14H,7-8H2,1-3H3. The first-order valence-corrected chi connectivity index (χ1v) is 7.77. The first-order valence-electron chi connectivity index (χ1n) is 5.59. The van der Waals surface area contributed by atoms with Crippen LogP contribution in [0.3, 0.4) is 0 Å². The van der Waals surface area contributed by atoms with Crippen molar-refractivity contribution in [3.63, 3.8) is 0 Å². The number of benzene rings is 1. The maximum absolute atomic E-state index is 11.8. The van der Waals surface area contributed by atoms with Gasteiger partial charge in [0, 0.05) is 11.6 Å². The van der Waals surface area contributed by atoms with Gasteiger partial charge in [0.05, 0.1) is 12.9 Å². The summed E-state index contributed by atoms with van der Waals surface area (Å²) in [5, 5.41) is 0. The number of nitrogens with one attached hydrogen (secondary N) is 1. The summed E-state index contributed by atoms with van der Waals surface area (Å²) in [6, 6.07) is 5.15. The number of sulfonamides is 1. The Hall–Kier alpha value is -0.940. The van der Waals surface area contributed by atoms with Crippen molar-refractivity contribution < 1.29 is 13.2 Å². The fourth-order valence-electron chi connectivity index (χ4n) is 1.58. The van der Waals surface area contributed by atoms with E-state index >= 15 is 0 Å². The van der Waals surface area contributed by atoms with E-state index in [2.05, 4.69) is 4.72 Å².